The Labute approximate surface area is 154 Å². The van der Waals surface area contributed by atoms with Crippen LogP contribution in [-0.4, -0.2) is 57.0 Å². The minimum atomic E-state index is 0.435. The van der Waals surface area contributed by atoms with E-state index in [9.17, 15) is 0 Å². The molecule has 0 saturated carbocycles. The van der Waals surface area contributed by atoms with E-state index in [0.717, 1.165) is 29.6 Å². The van der Waals surface area contributed by atoms with E-state index in [1.807, 2.05) is 17.9 Å². The van der Waals surface area contributed by atoms with Gasteiger partial charge in [0.05, 0.1) is 18.3 Å². The fraction of sp³-hybridized carbons (Fsp3) is 0.722. The third-order valence-corrected chi connectivity index (χ3v) is 6.31. The molecule has 1 fully saturated rings. The Morgan fingerprint density at radius 2 is 2.12 bits per heavy atom. The molecular formula is C18H30N6S. The molecule has 138 valence electrons. The fourth-order valence-electron chi connectivity index (χ4n) is 3.85. The van der Waals surface area contributed by atoms with E-state index in [4.69, 9.17) is 0 Å². The van der Waals surface area contributed by atoms with E-state index >= 15 is 0 Å². The van der Waals surface area contributed by atoms with E-state index in [1.54, 1.807) is 11.3 Å². The Morgan fingerprint density at radius 3 is 2.76 bits per heavy atom. The molecule has 0 unspecified atom stereocenters. The number of piperidine rings is 1. The summed E-state index contributed by atoms with van der Waals surface area (Å²) in [6, 6.07) is 2.60. The highest BCUT2D eigenvalue weighted by Gasteiger charge is 2.33. The summed E-state index contributed by atoms with van der Waals surface area (Å²) in [7, 11) is 6.49. The minimum absolute atomic E-state index is 0.435. The molecule has 6 nitrogen and oxygen atoms in total. The van der Waals surface area contributed by atoms with Crippen LogP contribution in [0.3, 0.4) is 0 Å². The SMILES string of the molecule is CC(C)c1nnc(CN(C)C[C@@H]2CCCN(C)[C@H]2c2ccnn2C)s1. The number of hydrogen-bond donors (Lipinski definition) is 0. The van der Waals surface area contributed by atoms with Crippen molar-refractivity contribution in [3.05, 3.63) is 28.0 Å². The average molecular weight is 363 g/mol. The number of likely N-dealkylation sites (tertiary alicyclic amines) is 1. The molecule has 1 saturated heterocycles. The van der Waals surface area contributed by atoms with Crippen LogP contribution in [0.2, 0.25) is 0 Å². The Bertz CT molecular complexity index is 679. The van der Waals surface area contributed by atoms with Gasteiger partial charge in [0.2, 0.25) is 0 Å². The standard InChI is InChI=1S/C18H30N6S/c1-13(2)18-21-20-16(25-18)12-22(3)11-14-7-6-10-23(4)17(14)15-8-9-19-24(15)5/h8-9,13-14,17H,6-7,10-12H2,1-5H3/t14-,17+/m0/s1. The van der Waals surface area contributed by atoms with Crippen LogP contribution in [0.4, 0.5) is 0 Å². The number of rotatable bonds is 6. The molecular weight excluding hydrogens is 332 g/mol. The van der Waals surface area contributed by atoms with Gasteiger partial charge in [0.25, 0.3) is 0 Å². The van der Waals surface area contributed by atoms with Crippen LogP contribution >= 0.6 is 11.3 Å². The lowest BCUT2D eigenvalue weighted by atomic mass is 9.87. The summed E-state index contributed by atoms with van der Waals surface area (Å²) >= 11 is 1.74. The summed E-state index contributed by atoms with van der Waals surface area (Å²) in [5.41, 5.74) is 1.32. The quantitative estimate of drug-likeness (QED) is 0.791. The van der Waals surface area contributed by atoms with Crippen molar-refractivity contribution in [3.63, 3.8) is 0 Å². The minimum Gasteiger partial charge on any atom is -0.299 e. The maximum atomic E-state index is 4.39. The fourth-order valence-corrected chi connectivity index (χ4v) is 4.78. The average Bonchev–Trinajstić information content (AvgIpc) is 3.17. The molecule has 0 radical (unpaired) electrons. The summed E-state index contributed by atoms with van der Waals surface area (Å²) in [6.45, 7) is 7.44. The van der Waals surface area contributed by atoms with E-state index in [0.29, 0.717) is 17.9 Å². The second-order valence-corrected chi connectivity index (χ2v) is 8.69. The highest BCUT2D eigenvalue weighted by molar-refractivity contribution is 7.11. The molecule has 3 rings (SSSR count). The van der Waals surface area contributed by atoms with Crippen molar-refractivity contribution in [1.82, 2.24) is 29.8 Å². The van der Waals surface area contributed by atoms with Crippen LogP contribution in [0.5, 0.6) is 0 Å². The van der Waals surface area contributed by atoms with Crippen molar-refractivity contribution in [2.24, 2.45) is 13.0 Å². The van der Waals surface area contributed by atoms with Crippen LogP contribution in [0.15, 0.2) is 12.3 Å². The Kier molecular flexibility index (Phi) is 5.86. The van der Waals surface area contributed by atoms with Crippen LogP contribution < -0.4 is 0 Å². The summed E-state index contributed by atoms with van der Waals surface area (Å²) in [6.07, 6.45) is 4.44. The van der Waals surface area contributed by atoms with Crippen molar-refractivity contribution >= 4 is 11.3 Å². The number of hydrogen-bond acceptors (Lipinski definition) is 6. The predicted octanol–water partition coefficient (Wildman–Crippen LogP) is 2.91. The molecule has 25 heavy (non-hydrogen) atoms. The molecule has 2 atom stereocenters. The van der Waals surface area contributed by atoms with Gasteiger partial charge < -0.3 is 0 Å². The van der Waals surface area contributed by atoms with Crippen LogP contribution in [0, 0.1) is 5.92 Å². The lowest BCUT2D eigenvalue weighted by molar-refractivity contribution is 0.0872. The van der Waals surface area contributed by atoms with Gasteiger partial charge in [-0.3, -0.25) is 14.5 Å². The second kappa shape index (κ2) is 7.93. The van der Waals surface area contributed by atoms with Crippen molar-refractivity contribution < 1.29 is 0 Å². The van der Waals surface area contributed by atoms with Gasteiger partial charge in [-0.1, -0.05) is 25.2 Å². The topological polar surface area (TPSA) is 50.1 Å². The number of aromatic nitrogens is 4. The third kappa shape index (κ3) is 4.27. The molecule has 0 aliphatic carbocycles. The molecule has 0 aromatic carbocycles. The molecule has 0 bridgehead atoms. The second-order valence-electron chi connectivity index (χ2n) is 7.59. The zero-order valence-corrected chi connectivity index (χ0v) is 16.8. The first-order valence-corrected chi connectivity index (χ1v) is 9.96. The molecule has 3 heterocycles. The molecule has 0 spiro atoms. The van der Waals surface area contributed by atoms with Gasteiger partial charge in [0.15, 0.2) is 0 Å². The predicted molar refractivity (Wildman–Crippen MR) is 102 cm³/mol. The zero-order valence-electron chi connectivity index (χ0n) is 16.0. The van der Waals surface area contributed by atoms with Crippen LogP contribution in [-0.2, 0) is 13.6 Å². The maximum Gasteiger partial charge on any atom is 0.131 e. The monoisotopic (exact) mass is 362 g/mol. The molecule has 2 aromatic heterocycles. The largest absolute Gasteiger partial charge is 0.299 e. The van der Waals surface area contributed by atoms with Crippen LogP contribution in [0.25, 0.3) is 0 Å². The number of nitrogens with zero attached hydrogens (tertiary/aromatic N) is 6. The highest BCUT2D eigenvalue weighted by atomic mass is 32.1. The summed E-state index contributed by atoms with van der Waals surface area (Å²) in [5.74, 6) is 1.06. The van der Waals surface area contributed by atoms with Crippen molar-refractivity contribution in [2.75, 3.05) is 27.2 Å². The van der Waals surface area contributed by atoms with E-state index in [-0.39, 0.29) is 0 Å². The summed E-state index contributed by atoms with van der Waals surface area (Å²) < 4.78 is 2.03. The molecule has 2 aromatic rings. The maximum absolute atomic E-state index is 4.39. The van der Waals surface area contributed by atoms with E-state index in [2.05, 4.69) is 59.1 Å². The Morgan fingerprint density at radius 1 is 1.32 bits per heavy atom. The van der Waals surface area contributed by atoms with E-state index < -0.39 is 0 Å². The molecule has 1 aliphatic heterocycles. The van der Waals surface area contributed by atoms with Crippen LogP contribution in [0.1, 0.15) is 54.4 Å². The van der Waals surface area contributed by atoms with Gasteiger partial charge in [-0.25, -0.2) is 0 Å². The van der Waals surface area contributed by atoms with Crippen molar-refractivity contribution in [2.45, 2.75) is 45.2 Å². The normalized spacial score (nSPS) is 22.2. The number of aryl methyl sites for hydroxylation is 1. The molecule has 0 N–H and O–H groups in total. The lowest BCUT2D eigenvalue weighted by Gasteiger charge is -2.40. The molecule has 0 amide bonds. The van der Waals surface area contributed by atoms with Gasteiger partial charge in [-0.05, 0) is 45.5 Å². The van der Waals surface area contributed by atoms with E-state index in [1.165, 1.54) is 18.5 Å². The lowest BCUT2D eigenvalue weighted by Crippen LogP contribution is -2.41. The Balaban J connectivity index is 1.67. The molecule has 7 heteroatoms. The van der Waals surface area contributed by atoms with Gasteiger partial charge in [0.1, 0.15) is 10.0 Å². The smallest absolute Gasteiger partial charge is 0.131 e. The Hall–Kier alpha value is -1.31. The first-order valence-electron chi connectivity index (χ1n) is 9.14. The summed E-state index contributed by atoms with van der Waals surface area (Å²) in [5, 5.41) is 15.3. The first kappa shape index (κ1) is 18.5. The van der Waals surface area contributed by atoms with Crippen molar-refractivity contribution in [3.8, 4) is 0 Å². The first-order chi connectivity index (χ1) is 12.0. The summed E-state index contributed by atoms with van der Waals surface area (Å²) in [4.78, 5) is 4.89. The van der Waals surface area contributed by atoms with Gasteiger partial charge in [-0.15, -0.1) is 10.2 Å². The van der Waals surface area contributed by atoms with Crippen molar-refractivity contribution in [1.29, 1.82) is 0 Å². The van der Waals surface area contributed by atoms with Gasteiger partial charge in [0, 0.05) is 25.7 Å². The highest BCUT2D eigenvalue weighted by Crippen LogP contribution is 2.35. The molecule has 1 aliphatic rings. The zero-order chi connectivity index (χ0) is 18.0. The third-order valence-electron chi connectivity index (χ3n) is 5.10. The van der Waals surface area contributed by atoms with Gasteiger partial charge >= 0.3 is 0 Å². The van der Waals surface area contributed by atoms with Gasteiger partial charge in [-0.2, -0.15) is 5.10 Å².